The summed E-state index contributed by atoms with van der Waals surface area (Å²) in [6.07, 6.45) is 1.43. The third-order valence-electron chi connectivity index (χ3n) is 3.22. The maximum atomic E-state index is 12.5. The Morgan fingerprint density at radius 3 is 2.67 bits per heavy atom. The van der Waals surface area contributed by atoms with E-state index in [2.05, 4.69) is 10.4 Å². The van der Waals surface area contributed by atoms with Gasteiger partial charge in [0.1, 0.15) is 4.90 Å². The van der Waals surface area contributed by atoms with Crippen molar-refractivity contribution in [3.8, 4) is 0 Å². The summed E-state index contributed by atoms with van der Waals surface area (Å²) in [5, 5.41) is 7.18. The van der Waals surface area contributed by atoms with Crippen molar-refractivity contribution in [1.82, 2.24) is 19.4 Å². The number of halogens is 1. The summed E-state index contributed by atoms with van der Waals surface area (Å²) < 4.78 is 28.1. The molecule has 0 amide bonds. The minimum atomic E-state index is -3.41. The molecule has 2 rings (SSSR count). The van der Waals surface area contributed by atoms with Gasteiger partial charge in [0.05, 0.1) is 11.9 Å². The van der Waals surface area contributed by atoms with Crippen LogP contribution in [0.2, 0.25) is 0 Å². The summed E-state index contributed by atoms with van der Waals surface area (Å²) in [6.45, 7) is 5.58. The van der Waals surface area contributed by atoms with Crippen LogP contribution >= 0.6 is 12.4 Å². The molecule has 0 aliphatic carbocycles. The van der Waals surface area contributed by atoms with Crippen LogP contribution in [-0.4, -0.2) is 48.2 Å². The summed E-state index contributed by atoms with van der Waals surface area (Å²) in [6, 6.07) is -0.0200. The molecule has 0 bridgehead atoms. The number of aryl methyl sites for hydroxylation is 1. The molecule has 1 aromatic rings. The summed E-state index contributed by atoms with van der Waals surface area (Å²) >= 11 is 0. The van der Waals surface area contributed by atoms with Crippen molar-refractivity contribution in [3.05, 3.63) is 11.9 Å². The van der Waals surface area contributed by atoms with Crippen molar-refractivity contribution in [2.75, 3.05) is 19.6 Å². The van der Waals surface area contributed by atoms with E-state index in [4.69, 9.17) is 0 Å². The predicted molar refractivity (Wildman–Crippen MR) is 71.4 cm³/mol. The van der Waals surface area contributed by atoms with Crippen LogP contribution in [0.5, 0.6) is 0 Å². The first-order valence-electron chi connectivity index (χ1n) is 5.65. The van der Waals surface area contributed by atoms with Crippen LogP contribution < -0.4 is 5.32 Å². The van der Waals surface area contributed by atoms with E-state index in [-0.39, 0.29) is 18.4 Å². The second kappa shape index (κ2) is 5.56. The number of piperazine rings is 1. The molecule has 1 aliphatic heterocycles. The number of rotatable bonds is 2. The molecule has 1 aromatic heterocycles. The molecule has 0 unspecified atom stereocenters. The molecule has 1 N–H and O–H groups in total. The molecule has 6 nitrogen and oxygen atoms in total. The highest BCUT2D eigenvalue weighted by atomic mass is 35.5. The first kappa shape index (κ1) is 15.4. The second-order valence-electron chi connectivity index (χ2n) is 4.39. The third kappa shape index (κ3) is 2.54. The average molecular weight is 295 g/mol. The molecule has 0 spiro atoms. The molecule has 18 heavy (non-hydrogen) atoms. The summed E-state index contributed by atoms with van der Waals surface area (Å²) in [7, 11) is -1.67. The summed E-state index contributed by atoms with van der Waals surface area (Å²) in [5.41, 5.74) is 0.677. The number of nitrogens with zero attached hydrogens (tertiary/aromatic N) is 3. The lowest BCUT2D eigenvalue weighted by molar-refractivity contribution is 0.283. The molecule has 1 saturated heterocycles. The van der Waals surface area contributed by atoms with Crippen molar-refractivity contribution < 1.29 is 8.42 Å². The van der Waals surface area contributed by atoms with Crippen LogP contribution in [-0.2, 0) is 17.1 Å². The zero-order valence-corrected chi connectivity index (χ0v) is 12.4. The molecule has 1 atom stereocenters. The third-order valence-corrected chi connectivity index (χ3v) is 5.33. The van der Waals surface area contributed by atoms with Crippen LogP contribution in [0.1, 0.15) is 12.6 Å². The Morgan fingerprint density at radius 2 is 2.17 bits per heavy atom. The zero-order chi connectivity index (χ0) is 12.6. The van der Waals surface area contributed by atoms with Gasteiger partial charge in [0.2, 0.25) is 10.0 Å². The number of aromatic nitrogens is 2. The number of hydrogen-bond donors (Lipinski definition) is 1. The molecule has 0 saturated carbocycles. The molecule has 0 radical (unpaired) electrons. The lowest BCUT2D eigenvalue weighted by atomic mass is 10.3. The fourth-order valence-corrected chi connectivity index (χ4v) is 3.86. The van der Waals surface area contributed by atoms with Crippen LogP contribution in [0.25, 0.3) is 0 Å². The van der Waals surface area contributed by atoms with Crippen LogP contribution in [0, 0.1) is 6.92 Å². The lowest BCUT2D eigenvalue weighted by Gasteiger charge is -2.32. The zero-order valence-electron chi connectivity index (χ0n) is 10.8. The maximum Gasteiger partial charge on any atom is 0.246 e. The Balaban J connectivity index is 0.00000162. The monoisotopic (exact) mass is 294 g/mol. The van der Waals surface area contributed by atoms with Gasteiger partial charge in [0, 0.05) is 32.7 Å². The van der Waals surface area contributed by atoms with Crippen LogP contribution in [0.15, 0.2) is 11.1 Å². The van der Waals surface area contributed by atoms with Gasteiger partial charge in [-0.2, -0.15) is 9.40 Å². The quantitative estimate of drug-likeness (QED) is 0.842. The standard InChI is InChI=1S/C10H18N4O2S.ClH/c1-8-6-11-4-5-14(8)17(15,16)10-7-12-13(3)9(10)2;/h7-8,11H,4-6H2,1-3H3;1H/t8-;/m0./s1. The average Bonchev–Trinajstić information content (AvgIpc) is 2.60. The van der Waals surface area contributed by atoms with Gasteiger partial charge in [-0.05, 0) is 13.8 Å². The first-order valence-corrected chi connectivity index (χ1v) is 7.09. The van der Waals surface area contributed by atoms with E-state index in [0.717, 1.165) is 0 Å². The molecule has 104 valence electrons. The van der Waals surface area contributed by atoms with Crippen LogP contribution in [0.4, 0.5) is 0 Å². The Morgan fingerprint density at radius 1 is 1.50 bits per heavy atom. The van der Waals surface area contributed by atoms with E-state index in [1.807, 2.05) is 6.92 Å². The Labute approximate surface area is 114 Å². The van der Waals surface area contributed by atoms with Crippen molar-refractivity contribution in [1.29, 1.82) is 0 Å². The first-order chi connectivity index (χ1) is 7.94. The minimum absolute atomic E-state index is 0. The number of nitrogens with one attached hydrogen (secondary N) is 1. The Kier molecular flexibility index (Phi) is 4.77. The minimum Gasteiger partial charge on any atom is -0.314 e. The molecule has 2 heterocycles. The van der Waals surface area contributed by atoms with Crippen molar-refractivity contribution in [2.45, 2.75) is 24.8 Å². The van der Waals surface area contributed by atoms with E-state index in [1.165, 1.54) is 6.20 Å². The number of sulfonamides is 1. The van der Waals surface area contributed by atoms with Gasteiger partial charge in [0.25, 0.3) is 0 Å². The normalized spacial score (nSPS) is 21.6. The van der Waals surface area contributed by atoms with Gasteiger partial charge in [-0.1, -0.05) is 0 Å². The van der Waals surface area contributed by atoms with Gasteiger partial charge in [-0.15, -0.1) is 12.4 Å². The van der Waals surface area contributed by atoms with Crippen molar-refractivity contribution >= 4 is 22.4 Å². The summed E-state index contributed by atoms with van der Waals surface area (Å²) in [4.78, 5) is 0.314. The highest BCUT2D eigenvalue weighted by molar-refractivity contribution is 7.89. The van der Waals surface area contributed by atoms with Gasteiger partial charge in [-0.3, -0.25) is 4.68 Å². The SMILES string of the molecule is Cc1c(S(=O)(=O)N2CCNC[C@@H]2C)cnn1C.Cl. The lowest BCUT2D eigenvalue weighted by Crippen LogP contribution is -2.52. The smallest absolute Gasteiger partial charge is 0.246 e. The van der Waals surface area contributed by atoms with Gasteiger partial charge >= 0.3 is 0 Å². The molecule has 1 aliphatic rings. The second-order valence-corrected chi connectivity index (χ2v) is 6.25. The topological polar surface area (TPSA) is 67.2 Å². The van der Waals surface area contributed by atoms with E-state index < -0.39 is 10.0 Å². The van der Waals surface area contributed by atoms with E-state index in [1.54, 1.807) is 23.0 Å². The molecule has 8 heteroatoms. The maximum absolute atomic E-state index is 12.5. The molecule has 0 aromatic carbocycles. The fourth-order valence-electron chi connectivity index (χ4n) is 2.04. The van der Waals surface area contributed by atoms with Crippen molar-refractivity contribution in [2.24, 2.45) is 7.05 Å². The van der Waals surface area contributed by atoms with E-state index in [9.17, 15) is 8.42 Å². The van der Waals surface area contributed by atoms with Crippen molar-refractivity contribution in [3.63, 3.8) is 0 Å². The largest absolute Gasteiger partial charge is 0.314 e. The van der Waals surface area contributed by atoms with Gasteiger partial charge in [0.15, 0.2) is 0 Å². The predicted octanol–water partition coefficient (Wildman–Crippen LogP) is 0.133. The molecule has 1 fully saturated rings. The molecular weight excluding hydrogens is 276 g/mol. The summed E-state index contributed by atoms with van der Waals surface area (Å²) in [5.74, 6) is 0. The van der Waals surface area contributed by atoms with Gasteiger partial charge in [-0.25, -0.2) is 8.42 Å². The van der Waals surface area contributed by atoms with E-state index >= 15 is 0 Å². The Bertz CT molecular complexity index is 514. The fraction of sp³-hybridized carbons (Fsp3) is 0.700. The number of hydrogen-bond acceptors (Lipinski definition) is 4. The highest BCUT2D eigenvalue weighted by Crippen LogP contribution is 2.21. The highest BCUT2D eigenvalue weighted by Gasteiger charge is 2.33. The Hall–Kier alpha value is -0.630. The molecular formula is C10H19ClN4O2S. The van der Waals surface area contributed by atoms with E-state index in [0.29, 0.717) is 30.2 Å². The van der Waals surface area contributed by atoms with Crippen LogP contribution in [0.3, 0.4) is 0 Å². The van der Waals surface area contributed by atoms with Gasteiger partial charge < -0.3 is 5.32 Å².